The third-order valence-electron chi connectivity index (χ3n) is 4.79. The van der Waals surface area contributed by atoms with E-state index in [-0.39, 0.29) is 11.4 Å². The lowest BCUT2D eigenvalue weighted by Gasteiger charge is -2.25. The third-order valence-corrected chi connectivity index (χ3v) is 5.81. The molecule has 0 fully saturated rings. The average Bonchev–Trinajstić information content (AvgIpc) is 3.09. The molecule has 1 amide bonds. The van der Waals surface area contributed by atoms with E-state index in [4.69, 9.17) is 0 Å². The van der Waals surface area contributed by atoms with E-state index >= 15 is 0 Å². The van der Waals surface area contributed by atoms with Crippen LogP contribution in [0.3, 0.4) is 0 Å². The fraction of sp³-hybridized carbons (Fsp3) is 0.333. The number of likely N-dealkylation sites (N-methyl/N-ethyl adjacent to an activating group) is 1. The van der Waals surface area contributed by atoms with Crippen molar-refractivity contribution in [3.63, 3.8) is 0 Å². The van der Waals surface area contributed by atoms with Crippen molar-refractivity contribution < 1.29 is 13.6 Å². The van der Waals surface area contributed by atoms with Crippen LogP contribution in [-0.4, -0.2) is 42.0 Å². The number of halogens is 2. The first-order chi connectivity index (χ1) is 13.4. The molecule has 0 atom stereocenters. The van der Waals surface area contributed by atoms with Gasteiger partial charge in [0, 0.05) is 24.7 Å². The molecule has 2 aromatic carbocycles. The molecule has 0 aliphatic carbocycles. The van der Waals surface area contributed by atoms with Crippen molar-refractivity contribution in [2.24, 2.45) is 0 Å². The smallest absolute Gasteiger partial charge is 0.260 e. The van der Waals surface area contributed by atoms with Crippen LogP contribution >= 0.6 is 11.3 Å². The quantitative estimate of drug-likeness (QED) is 0.565. The number of benzene rings is 2. The van der Waals surface area contributed by atoms with Crippen molar-refractivity contribution in [1.29, 1.82) is 0 Å². The minimum absolute atomic E-state index is 0.0897. The summed E-state index contributed by atoms with van der Waals surface area (Å²) < 4.78 is 28.1. The summed E-state index contributed by atoms with van der Waals surface area (Å²) in [7, 11) is 0. The van der Waals surface area contributed by atoms with Crippen LogP contribution < -0.4 is 4.90 Å². The van der Waals surface area contributed by atoms with E-state index in [9.17, 15) is 13.6 Å². The van der Waals surface area contributed by atoms with Gasteiger partial charge in [0.1, 0.15) is 11.3 Å². The SMILES string of the molecule is CCN(CC)CCN(C(=O)c1ccccc1C)c1nc2c(F)cc(F)cc2s1. The number of aromatic nitrogens is 1. The molecule has 0 aliphatic heterocycles. The number of rotatable bonds is 7. The highest BCUT2D eigenvalue weighted by Gasteiger charge is 2.24. The number of carbonyl (C=O) groups is 1. The van der Waals surface area contributed by atoms with Gasteiger partial charge in [0.05, 0.1) is 4.70 Å². The van der Waals surface area contributed by atoms with Crippen molar-refractivity contribution >= 4 is 32.6 Å². The minimum Gasteiger partial charge on any atom is -0.302 e. The second kappa shape index (κ2) is 8.75. The maximum absolute atomic E-state index is 14.1. The molecule has 28 heavy (non-hydrogen) atoms. The standard InChI is InChI=1S/C21H23F2N3OS/c1-4-25(5-2)10-11-26(20(27)16-9-7-6-8-14(16)3)21-24-19-17(23)12-15(22)13-18(19)28-21/h6-9,12-13H,4-5,10-11H2,1-3H3. The van der Waals surface area contributed by atoms with Gasteiger partial charge in [0.15, 0.2) is 10.9 Å². The summed E-state index contributed by atoms with van der Waals surface area (Å²) >= 11 is 1.12. The Kier molecular flexibility index (Phi) is 6.36. The lowest BCUT2D eigenvalue weighted by molar-refractivity contribution is 0.0983. The lowest BCUT2D eigenvalue weighted by atomic mass is 10.1. The molecule has 0 aliphatic rings. The Bertz CT molecular complexity index is 985. The summed E-state index contributed by atoms with van der Waals surface area (Å²) in [6.45, 7) is 8.81. The second-order valence-electron chi connectivity index (χ2n) is 6.53. The van der Waals surface area contributed by atoms with Crippen LogP contribution in [0.5, 0.6) is 0 Å². The highest BCUT2D eigenvalue weighted by atomic mass is 32.1. The van der Waals surface area contributed by atoms with E-state index in [0.717, 1.165) is 36.1 Å². The monoisotopic (exact) mass is 403 g/mol. The van der Waals surface area contributed by atoms with Crippen LogP contribution in [0, 0.1) is 18.6 Å². The van der Waals surface area contributed by atoms with Gasteiger partial charge >= 0.3 is 0 Å². The third kappa shape index (κ3) is 4.20. The van der Waals surface area contributed by atoms with Crippen LogP contribution in [0.2, 0.25) is 0 Å². The van der Waals surface area contributed by atoms with Crippen LogP contribution in [-0.2, 0) is 0 Å². The largest absolute Gasteiger partial charge is 0.302 e. The first-order valence-corrected chi connectivity index (χ1v) is 10.1. The zero-order valence-corrected chi connectivity index (χ0v) is 17.0. The molecular weight excluding hydrogens is 380 g/mol. The number of thiazole rings is 1. The van der Waals surface area contributed by atoms with Crippen LogP contribution in [0.4, 0.5) is 13.9 Å². The van der Waals surface area contributed by atoms with Gasteiger partial charge < -0.3 is 4.90 Å². The highest BCUT2D eigenvalue weighted by molar-refractivity contribution is 7.22. The molecule has 1 heterocycles. The first kappa shape index (κ1) is 20.4. The molecule has 0 unspecified atom stereocenters. The molecule has 3 rings (SSSR count). The zero-order chi connectivity index (χ0) is 20.3. The Morgan fingerprint density at radius 2 is 1.82 bits per heavy atom. The van der Waals surface area contributed by atoms with Gasteiger partial charge in [0.25, 0.3) is 5.91 Å². The van der Waals surface area contributed by atoms with Gasteiger partial charge in [-0.05, 0) is 37.7 Å². The summed E-state index contributed by atoms with van der Waals surface area (Å²) in [5.41, 5.74) is 1.53. The Hall–Kier alpha value is -2.38. The Morgan fingerprint density at radius 1 is 1.11 bits per heavy atom. The van der Waals surface area contributed by atoms with Gasteiger partial charge in [-0.25, -0.2) is 13.8 Å². The number of hydrogen-bond acceptors (Lipinski definition) is 4. The molecule has 0 saturated carbocycles. The normalized spacial score (nSPS) is 11.4. The molecule has 4 nitrogen and oxygen atoms in total. The first-order valence-electron chi connectivity index (χ1n) is 9.30. The van der Waals surface area contributed by atoms with Gasteiger partial charge in [-0.3, -0.25) is 9.69 Å². The maximum atomic E-state index is 14.1. The Morgan fingerprint density at radius 3 is 2.50 bits per heavy atom. The van der Waals surface area contributed by atoms with Crippen LogP contribution in [0.15, 0.2) is 36.4 Å². The molecule has 1 aromatic heterocycles. The molecule has 0 spiro atoms. The molecule has 148 valence electrons. The van der Waals surface area contributed by atoms with Gasteiger partial charge in [-0.1, -0.05) is 43.4 Å². The molecule has 7 heteroatoms. The van der Waals surface area contributed by atoms with Gasteiger partial charge in [-0.2, -0.15) is 0 Å². The molecular formula is C21H23F2N3OS. The summed E-state index contributed by atoms with van der Waals surface area (Å²) in [5, 5.41) is 0.375. The van der Waals surface area contributed by atoms with E-state index < -0.39 is 11.6 Å². The zero-order valence-electron chi connectivity index (χ0n) is 16.2. The molecule has 3 aromatic rings. The summed E-state index contributed by atoms with van der Waals surface area (Å²) in [4.78, 5) is 21.4. The lowest BCUT2D eigenvalue weighted by Crippen LogP contribution is -2.39. The van der Waals surface area contributed by atoms with Crippen LogP contribution in [0.1, 0.15) is 29.8 Å². The molecule has 0 bridgehead atoms. The predicted molar refractivity (Wildman–Crippen MR) is 110 cm³/mol. The van der Waals surface area contributed by atoms with E-state index in [1.165, 1.54) is 6.07 Å². The van der Waals surface area contributed by atoms with Crippen molar-refractivity contribution in [1.82, 2.24) is 9.88 Å². The fourth-order valence-electron chi connectivity index (χ4n) is 3.08. The van der Waals surface area contributed by atoms with Crippen molar-refractivity contribution in [3.05, 3.63) is 59.2 Å². The predicted octanol–water partition coefficient (Wildman–Crippen LogP) is 4.87. The Balaban J connectivity index is 2.02. The number of aryl methyl sites for hydroxylation is 1. The van der Waals surface area contributed by atoms with Crippen molar-refractivity contribution in [2.75, 3.05) is 31.1 Å². The number of fused-ring (bicyclic) bond motifs is 1. The number of amides is 1. The summed E-state index contributed by atoms with van der Waals surface area (Å²) in [6.07, 6.45) is 0. The molecule has 0 saturated heterocycles. The highest BCUT2D eigenvalue weighted by Crippen LogP contribution is 2.32. The van der Waals surface area contributed by atoms with E-state index in [1.54, 1.807) is 11.0 Å². The van der Waals surface area contributed by atoms with Gasteiger partial charge in [0.2, 0.25) is 0 Å². The summed E-state index contributed by atoms with van der Waals surface area (Å²) in [6, 6.07) is 9.41. The van der Waals surface area contributed by atoms with Crippen LogP contribution in [0.25, 0.3) is 10.2 Å². The van der Waals surface area contributed by atoms with E-state index in [0.29, 0.717) is 28.5 Å². The van der Waals surface area contributed by atoms with Crippen molar-refractivity contribution in [2.45, 2.75) is 20.8 Å². The number of carbonyl (C=O) groups excluding carboxylic acids is 1. The summed E-state index contributed by atoms with van der Waals surface area (Å²) in [5.74, 6) is -1.56. The van der Waals surface area contributed by atoms with E-state index in [2.05, 4.69) is 23.7 Å². The van der Waals surface area contributed by atoms with Crippen molar-refractivity contribution in [3.8, 4) is 0 Å². The Labute approximate surface area is 167 Å². The number of hydrogen-bond donors (Lipinski definition) is 0. The number of anilines is 1. The van der Waals surface area contributed by atoms with E-state index in [1.807, 2.05) is 25.1 Å². The van der Waals surface area contributed by atoms with Gasteiger partial charge in [-0.15, -0.1) is 0 Å². The fourth-order valence-corrected chi connectivity index (χ4v) is 4.11. The topological polar surface area (TPSA) is 36.4 Å². The molecule has 0 radical (unpaired) electrons. The average molecular weight is 403 g/mol. The maximum Gasteiger partial charge on any atom is 0.260 e. The minimum atomic E-state index is -0.718. The number of nitrogens with zero attached hydrogens (tertiary/aromatic N) is 3. The molecule has 0 N–H and O–H groups in total. The second-order valence-corrected chi connectivity index (χ2v) is 7.54.